The Hall–Kier alpha value is -2.48. The van der Waals surface area contributed by atoms with Gasteiger partial charge in [0.1, 0.15) is 13.2 Å². The van der Waals surface area contributed by atoms with Crippen LogP contribution in [0.4, 0.5) is 4.79 Å². The Kier molecular flexibility index (Phi) is 6.69. The maximum atomic E-state index is 11.3. The maximum Gasteiger partial charge on any atom is 0.329 e. The third kappa shape index (κ3) is 7.07. The van der Waals surface area contributed by atoms with E-state index >= 15 is 0 Å². The summed E-state index contributed by atoms with van der Waals surface area (Å²) in [7, 11) is 0. The van der Waals surface area contributed by atoms with Gasteiger partial charge in [-0.2, -0.15) is 0 Å². The van der Waals surface area contributed by atoms with Gasteiger partial charge in [-0.05, 0) is 12.1 Å². The van der Waals surface area contributed by atoms with E-state index in [9.17, 15) is 14.4 Å². The second-order valence-corrected chi connectivity index (χ2v) is 3.76. The number of rotatable bonds is 7. The molecule has 1 aromatic heterocycles. The molecule has 8 nitrogen and oxygen atoms in total. The highest BCUT2D eigenvalue weighted by Crippen LogP contribution is 1.92. The second-order valence-electron chi connectivity index (χ2n) is 3.76. The lowest BCUT2D eigenvalue weighted by Crippen LogP contribution is -2.42. The van der Waals surface area contributed by atoms with Crippen molar-refractivity contribution < 1.29 is 24.2 Å². The number of ether oxygens (including phenoxy) is 1. The molecule has 0 aromatic carbocycles. The van der Waals surface area contributed by atoms with Crippen LogP contribution in [0.25, 0.3) is 0 Å². The van der Waals surface area contributed by atoms with Gasteiger partial charge in [-0.3, -0.25) is 15.1 Å². The number of nitrogens with zero attached hydrogens (tertiary/aromatic N) is 1. The quantitative estimate of drug-likeness (QED) is 0.623. The maximum absolute atomic E-state index is 11.3. The van der Waals surface area contributed by atoms with Crippen molar-refractivity contribution in [2.24, 2.45) is 0 Å². The molecule has 0 aliphatic heterocycles. The molecule has 1 heterocycles. The Balaban J connectivity index is 2.13. The van der Waals surface area contributed by atoms with Gasteiger partial charge in [-0.15, -0.1) is 0 Å². The summed E-state index contributed by atoms with van der Waals surface area (Å²) in [5, 5.41) is 12.8. The van der Waals surface area contributed by atoms with Gasteiger partial charge in [0.2, 0.25) is 0 Å². The first-order chi connectivity index (χ1) is 9.58. The lowest BCUT2D eigenvalue weighted by Gasteiger charge is -2.06. The average molecular weight is 281 g/mol. The molecular weight excluding hydrogens is 266 g/mol. The summed E-state index contributed by atoms with van der Waals surface area (Å²) in [4.78, 5) is 36.7. The Morgan fingerprint density at radius 2 is 2.05 bits per heavy atom. The molecule has 8 heteroatoms. The van der Waals surface area contributed by atoms with Crippen LogP contribution in [-0.2, 0) is 20.7 Å². The van der Waals surface area contributed by atoms with Gasteiger partial charge in [-0.1, -0.05) is 6.07 Å². The second kappa shape index (κ2) is 8.59. The summed E-state index contributed by atoms with van der Waals surface area (Å²) in [6.45, 7) is -0.749. The summed E-state index contributed by atoms with van der Waals surface area (Å²) < 4.78 is 4.53. The smallest absolute Gasteiger partial charge is 0.329 e. The SMILES string of the molecule is O=C(O)COCC(=O)NC(=O)NCCc1ccccn1. The first-order valence-corrected chi connectivity index (χ1v) is 5.85. The zero-order valence-corrected chi connectivity index (χ0v) is 10.7. The highest BCUT2D eigenvalue weighted by Gasteiger charge is 2.08. The number of imide groups is 1. The Morgan fingerprint density at radius 3 is 2.70 bits per heavy atom. The first-order valence-electron chi connectivity index (χ1n) is 5.85. The largest absolute Gasteiger partial charge is 0.480 e. The molecule has 0 fully saturated rings. The highest BCUT2D eigenvalue weighted by atomic mass is 16.5. The molecule has 1 aromatic rings. The Labute approximate surface area is 115 Å². The van der Waals surface area contributed by atoms with Crippen LogP contribution in [0.1, 0.15) is 5.69 Å². The van der Waals surface area contributed by atoms with E-state index in [4.69, 9.17) is 5.11 Å². The van der Waals surface area contributed by atoms with E-state index in [0.717, 1.165) is 5.69 Å². The number of carbonyl (C=O) groups is 3. The molecule has 3 amide bonds. The number of urea groups is 1. The van der Waals surface area contributed by atoms with Crippen molar-refractivity contribution in [3.8, 4) is 0 Å². The van der Waals surface area contributed by atoms with Gasteiger partial charge < -0.3 is 15.2 Å². The first kappa shape index (κ1) is 15.6. The molecule has 108 valence electrons. The number of amides is 3. The van der Waals surface area contributed by atoms with E-state index in [0.29, 0.717) is 13.0 Å². The summed E-state index contributed by atoms with van der Waals surface area (Å²) in [6, 6.07) is 4.79. The zero-order valence-electron chi connectivity index (χ0n) is 10.7. The van der Waals surface area contributed by atoms with Crippen LogP contribution < -0.4 is 10.6 Å². The van der Waals surface area contributed by atoms with Crippen LogP contribution in [0.2, 0.25) is 0 Å². The van der Waals surface area contributed by atoms with Crippen molar-refractivity contribution in [3.63, 3.8) is 0 Å². The molecule has 0 unspecified atom stereocenters. The minimum absolute atomic E-state index is 0.326. The van der Waals surface area contributed by atoms with Gasteiger partial charge in [0, 0.05) is 24.9 Å². The van der Waals surface area contributed by atoms with Crippen LogP contribution in [0, 0.1) is 0 Å². The number of aromatic nitrogens is 1. The monoisotopic (exact) mass is 281 g/mol. The predicted octanol–water partition coefficient (Wildman–Crippen LogP) is -0.449. The highest BCUT2D eigenvalue weighted by molar-refractivity contribution is 5.94. The number of hydrogen-bond acceptors (Lipinski definition) is 5. The molecule has 1 rings (SSSR count). The molecule has 3 N–H and O–H groups in total. The normalized spacial score (nSPS) is 9.80. The lowest BCUT2D eigenvalue weighted by molar-refractivity contribution is -0.143. The zero-order chi connectivity index (χ0) is 14.8. The average Bonchev–Trinajstić information content (AvgIpc) is 2.39. The van der Waals surface area contributed by atoms with Gasteiger partial charge in [-0.25, -0.2) is 9.59 Å². The summed E-state index contributed by atoms with van der Waals surface area (Å²) in [5.74, 6) is -1.89. The molecule has 0 saturated heterocycles. The summed E-state index contributed by atoms with van der Waals surface area (Å²) >= 11 is 0. The molecule has 0 radical (unpaired) electrons. The van der Waals surface area contributed by atoms with Crippen LogP contribution in [-0.4, -0.2) is 47.8 Å². The van der Waals surface area contributed by atoms with Crippen LogP contribution in [0.5, 0.6) is 0 Å². The molecular formula is C12H15N3O5. The Bertz CT molecular complexity index is 463. The number of hydrogen-bond donors (Lipinski definition) is 3. The van der Waals surface area contributed by atoms with Gasteiger partial charge in [0.05, 0.1) is 0 Å². The molecule has 0 spiro atoms. The number of aliphatic carboxylic acids is 1. The van der Waals surface area contributed by atoms with Crippen LogP contribution >= 0.6 is 0 Å². The fourth-order valence-corrected chi connectivity index (χ4v) is 1.29. The number of pyridine rings is 1. The van der Waals surface area contributed by atoms with Gasteiger partial charge >= 0.3 is 12.0 Å². The van der Waals surface area contributed by atoms with Crippen LogP contribution in [0.15, 0.2) is 24.4 Å². The fraction of sp³-hybridized carbons (Fsp3) is 0.333. The molecule has 0 bridgehead atoms. The number of nitrogens with one attached hydrogen (secondary N) is 2. The standard InChI is InChI=1S/C12H15N3O5/c16-10(7-20-8-11(17)18)15-12(19)14-6-4-9-3-1-2-5-13-9/h1-3,5H,4,6-8H2,(H,17,18)(H2,14,15,16,19). The molecule has 0 aliphatic carbocycles. The molecule has 0 saturated carbocycles. The fourth-order valence-electron chi connectivity index (χ4n) is 1.29. The van der Waals surface area contributed by atoms with Crippen molar-refractivity contribution in [2.45, 2.75) is 6.42 Å². The van der Waals surface area contributed by atoms with Gasteiger partial charge in [0.25, 0.3) is 5.91 Å². The van der Waals surface area contributed by atoms with Crippen molar-refractivity contribution >= 4 is 17.9 Å². The topological polar surface area (TPSA) is 118 Å². The molecule has 0 aliphatic rings. The van der Waals surface area contributed by atoms with E-state index in [1.54, 1.807) is 12.3 Å². The van der Waals surface area contributed by atoms with Crippen molar-refractivity contribution in [2.75, 3.05) is 19.8 Å². The minimum atomic E-state index is -1.18. The van der Waals surface area contributed by atoms with Crippen molar-refractivity contribution in [3.05, 3.63) is 30.1 Å². The Morgan fingerprint density at radius 1 is 1.25 bits per heavy atom. The third-order valence-electron chi connectivity index (χ3n) is 2.10. The van der Waals surface area contributed by atoms with Crippen molar-refractivity contribution in [1.82, 2.24) is 15.6 Å². The lowest BCUT2D eigenvalue weighted by atomic mass is 10.3. The van der Waals surface area contributed by atoms with E-state index in [-0.39, 0.29) is 0 Å². The number of carboxylic acid groups (broad SMARTS) is 1. The summed E-state index contributed by atoms with van der Waals surface area (Å²) in [5.41, 5.74) is 0.823. The molecule has 0 atom stereocenters. The number of carbonyl (C=O) groups excluding carboxylic acids is 2. The number of carboxylic acids is 1. The van der Waals surface area contributed by atoms with Crippen molar-refractivity contribution in [1.29, 1.82) is 0 Å². The van der Waals surface area contributed by atoms with E-state index in [2.05, 4.69) is 15.0 Å². The summed E-state index contributed by atoms with van der Waals surface area (Å²) in [6.07, 6.45) is 2.19. The van der Waals surface area contributed by atoms with E-state index in [1.807, 2.05) is 17.4 Å². The van der Waals surface area contributed by atoms with Crippen LogP contribution in [0.3, 0.4) is 0 Å². The third-order valence-corrected chi connectivity index (χ3v) is 2.10. The predicted molar refractivity (Wildman–Crippen MR) is 67.9 cm³/mol. The minimum Gasteiger partial charge on any atom is -0.480 e. The molecule has 20 heavy (non-hydrogen) atoms. The van der Waals surface area contributed by atoms with E-state index < -0.39 is 31.1 Å². The van der Waals surface area contributed by atoms with Gasteiger partial charge in [0.15, 0.2) is 0 Å². The van der Waals surface area contributed by atoms with E-state index in [1.165, 1.54) is 0 Å².